The minimum absolute atomic E-state index is 0.262. The van der Waals surface area contributed by atoms with Crippen LogP contribution in [0.15, 0.2) is 48.5 Å². The van der Waals surface area contributed by atoms with E-state index in [1.54, 1.807) is 7.11 Å². The maximum Gasteiger partial charge on any atom is 0.161 e. The van der Waals surface area contributed by atoms with E-state index in [0.717, 1.165) is 19.5 Å². The van der Waals surface area contributed by atoms with E-state index in [2.05, 4.69) is 29.2 Å². The number of β-amino-alcohol motifs (C(OH)–C–C–N with tert-alkyl or cyclic N) is 1. The molecule has 0 unspecified atom stereocenters. The van der Waals surface area contributed by atoms with Gasteiger partial charge in [-0.15, -0.1) is 0 Å². The lowest BCUT2D eigenvalue weighted by Crippen LogP contribution is -2.38. The zero-order valence-electron chi connectivity index (χ0n) is 13.4. The zero-order valence-corrected chi connectivity index (χ0v) is 13.4. The number of ether oxygens (including phenoxy) is 2. The molecule has 0 aromatic heterocycles. The Hall–Kier alpha value is -2.04. The van der Waals surface area contributed by atoms with Crippen LogP contribution in [0.25, 0.3) is 0 Å². The molecular weight excluding hydrogens is 290 g/mol. The molecule has 0 saturated carbocycles. The average Bonchev–Trinajstić information content (AvgIpc) is 2.60. The van der Waals surface area contributed by atoms with Crippen molar-refractivity contribution in [2.24, 2.45) is 0 Å². The Balaban J connectivity index is 1.51. The molecule has 0 fully saturated rings. The molecule has 1 aliphatic rings. The molecule has 2 aromatic carbocycles. The van der Waals surface area contributed by atoms with E-state index >= 15 is 0 Å². The van der Waals surface area contributed by atoms with Gasteiger partial charge in [-0.05, 0) is 29.7 Å². The van der Waals surface area contributed by atoms with Crippen LogP contribution in [0.3, 0.4) is 0 Å². The summed E-state index contributed by atoms with van der Waals surface area (Å²) in [5, 5.41) is 10.3. The van der Waals surface area contributed by atoms with Gasteiger partial charge in [-0.1, -0.05) is 36.4 Å². The Morgan fingerprint density at radius 3 is 2.52 bits per heavy atom. The number of methoxy groups -OCH3 is 1. The second-order valence-corrected chi connectivity index (χ2v) is 5.87. The molecule has 1 aliphatic heterocycles. The monoisotopic (exact) mass is 313 g/mol. The van der Waals surface area contributed by atoms with Gasteiger partial charge in [0.15, 0.2) is 11.5 Å². The van der Waals surface area contributed by atoms with Crippen LogP contribution < -0.4 is 9.47 Å². The maximum atomic E-state index is 10.3. The molecule has 1 N–H and O–H groups in total. The van der Waals surface area contributed by atoms with Crippen LogP contribution in [-0.2, 0) is 13.0 Å². The van der Waals surface area contributed by atoms with Crippen molar-refractivity contribution in [3.63, 3.8) is 0 Å². The fourth-order valence-electron chi connectivity index (χ4n) is 2.98. The zero-order chi connectivity index (χ0) is 16.1. The second kappa shape index (κ2) is 7.49. The molecule has 3 rings (SSSR count). The largest absolute Gasteiger partial charge is 0.493 e. The lowest BCUT2D eigenvalue weighted by Gasteiger charge is -2.30. The van der Waals surface area contributed by atoms with Crippen molar-refractivity contribution in [1.82, 2.24) is 4.90 Å². The summed E-state index contributed by atoms with van der Waals surface area (Å²) in [7, 11) is 1.61. The van der Waals surface area contributed by atoms with Gasteiger partial charge < -0.3 is 14.6 Å². The number of nitrogens with zero attached hydrogens (tertiary/aromatic N) is 1. The Labute approximate surface area is 137 Å². The quantitative estimate of drug-likeness (QED) is 0.890. The van der Waals surface area contributed by atoms with E-state index in [-0.39, 0.29) is 6.61 Å². The first-order chi connectivity index (χ1) is 11.3. The normalized spacial score (nSPS) is 15.7. The number of rotatable bonds is 6. The predicted octanol–water partition coefficient (Wildman–Crippen LogP) is 2.49. The minimum Gasteiger partial charge on any atom is -0.493 e. The van der Waals surface area contributed by atoms with Crippen molar-refractivity contribution in [3.05, 3.63) is 59.7 Å². The molecule has 0 radical (unpaired) electrons. The molecule has 0 aliphatic carbocycles. The van der Waals surface area contributed by atoms with Crippen molar-refractivity contribution < 1.29 is 14.6 Å². The van der Waals surface area contributed by atoms with Gasteiger partial charge in [0.2, 0.25) is 0 Å². The first-order valence-electron chi connectivity index (χ1n) is 7.99. The third-order valence-corrected chi connectivity index (χ3v) is 4.18. The van der Waals surface area contributed by atoms with Gasteiger partial charge in [0.25, 0.3) is 0 Å². The van der Waals surface area contributed by atoms with Crippen molar-refractivity contribution in [1.29, 1.82) is 0 Å². The van der Waals surface area contributed by atoms with Crippen molar-refractivity contribution >= 4 is 0 Å². The summed E-state index contributed by atoms with van der Waals surface area (Å²) in [4.78, 5) is 2.28. The summed E-state index contributed by atoms with van der Waals surface area (Å²) in [6, 6.07) is 16.0. The fourth-order valence-corrected chi connectivity index (χ4v) is 2.98. The number of hydrogen-bond acceptors (Lipinski definition) is 4. The van der Waals surface area contributed by atoms with Gasteiger partial charge in [-0.3, -0.25) is 4.90 Å². The van der Waals surface area contributed by atoms with E-state index in [9.17, 15) is 5.11 Å². The molecule has 0 amide bonds. The van der Waals surface area contributed by atoms with Gasteiger partial charge in [0, 0.05) is 19.6 Å². The predicted molar refractivity (Wildman–Crippen MR) is 89.9 cm³/mol. The minimum atomic E-state index is -0.523. The molecule has 1 atom stereocenters. The third-order valence-electron chi connectivity index (χ3n) is 4.18. The summed E-state index contributed by atoms with van der Waals surface area (Å²) in [6.45, 7) is 2.74. The molecule has 1 heterocycles. The highest BCUT2D eigenvalue weighted by Gasteiger charge is 2.19. The topological polar surface area (TPSA) is 41.9 Å². The van der Waals surface area contributed by atoms with Crippen LogP contribution in [0.5, 0.6) is 11.5 Å². The first kappa shape index (κ1) is 15.8. The number of hydrogen-bond donors (Lipinski definition) is 1. The molecule has 4 heteroatoms. The number of para-hydroxylation sites is 2. The third kappa shape index (κ3) is 4.03. The number of fused-ring (bicyclic) bond motifs is 1. The second-order valence-electron chi connectivity index (χ2n) is 5.87. The number of aliphatic hydroxyl groups is 1. The van der Waals surface area contributed by atoms with Crippen LogP contribution in [0.1, 0.15) is 11.1 Å². The molecule has 4 nitrogen and oxygen atoms in total. The molecule has 23 heavy (non-hydrogen) atoms. The van der Waals surface area contributed by atoms with Gasteiger partial charge in [-0.25, -0.2) is 0 Å². The number of aliphatic hydroxyl groups excluding tert-OH is 1. The first-order valence-corrected chi connectivity index (χ1v) is 7.99. The van der Waals surface area contributed by atoms with Gasteiger partial charge in [0.1, 0.15) is 12.7 Å². The summed E-state index contributed by atoms with van der Waals surface area (Å²) in [5.41, 5.74) is 2.78. The molecule has 0 spiro atoms. The lowest BCUT2D eigenvalue weighted by atomic mass is 10.00. The molecule has 122 valence electrons. The van der Waals surface area contributed by atoms with Crippen molar-refractivity contribution in [2.45, 2.75) is 19.1 Å². The Kier molecular flexibility index (Phi) is 5.16. The highest BCUT2D eigenvalue weighted by Crippen LogP contribution is 2.26. The van der Waals surface area contributed by atoms with Crippen LogP contribution in [0.4, 0.5) is 0 Å². The summed E-state index contributed by atoms with van der Waals surface area (Å²) >= 11 is 0. The van der Waals surface area contributed by atoms with Crippen LogP contribution in [0.2, 0.25) is 0 Å². The average molecular weight is 313 g/mol. The smallest absolute Gasteiger partial charge is 0.161 e. The van der Waals surface area contributed by atoms with Gasteiger partial charge in [-0.2, -0.15) is 0 Å². The molecule has 2 aromatic rings. The Morgan fingerprint density at radius 1 is 1.04 bits per heavy atom. The maximum absolute atomic E-state index is 10.3. The van der Waals surface area contributed by atoms with E-state index in [1.165, 1.54) is 11.1 Å². The lowest BCUT2D eigenvalue weighted by molar-refractivity contribution is 0.0628. The van der Waals surface area contributed by atoms with Gasteiger partial charge >= 0.3 is 0 Å². The SMILES string of the molecule is COc1ccccc1OC[C@H](O)CN1CCc2ccccc2C1. The number of benzene rings is 2. The molecule has 0 bridgehead atoms. The van der Waals surface area contributed by atoms with Crippen LogP contribution in [0, 0.1) is 0 Å². The molecular formula is C19H23NO3. The highest BCUT2D eigenvalue weighted by atomic mass is 16.5. The van der Waals surface area contributed by atoms with Gasteiger partial charge in [0.05, 0.1) is 7.11 Å². The van der Waals surface area contributed by atoms with Crippen molar-refractivity contribution in [3.8, 4) is 11.5 Å². The van der Waals surface area contributed by atoms with E-state index < -0.39 is 6.10 Å². The summed E-state index contributed by atoms with van der Waals surface area (Å²) in [5.74, 6) is 1.35. The van der Waals surface area contributed by atoms with Crippen LogP contribution >= 0.6 is 0 Å². The Morgan fingerprint density at radius 2 is 1.74 bits per heavy atom. The summed E-state index contributed by atoms with van der Waals surface area (Å²) in [6.07, 6.45) is 0.515. The van der Waals surface area contributed by atoms with Crippen LogP contribution in [-0.4, -0.2) is 42.9 Å². The van der Waals surface area contributed by atoms with E-state index in [0.29, 0.717) is 18.0 Å². The van der Waals surface area contributed by atoms with E-state index in [1.807, 2.05) is 24.3 Å². The van der Waals surface area contributed by atoms with Crippen molar-refractivity contribution in [2.75, 3.05) is 26.8 Å². The molecule has 0 saturated heterocycles. The summed E-state index contributed by atoms with van der Waals surface area (Å²) < 4.78 is 10.9. The highest BCUT2D eigenvalue weighted by molar-refractivity contribution is 5.39. The van der Waals surface area contributed by atoms with E-state index in [4.69, 9.17) is 9.47 Å². The standard InChI is InChI=1S/C19H23NO3/c1-22-18-8-4-5-9-19(18)23-14-17(21)13-20-11-10-15-6-2-3-7-16(15)12-20/h2-9,17,21H,10-14H2,1H3/t17-/m1/s1. The Bertz CT molecular complexity index is 644. The fraction of sp³-hybridized carbons (Fsp3) is 0.368.